The molecule has 0 fully saturated rings. The lowest BCUT2D eigenvalue weighted by molar-refractivity contribution is -0.151. The second-order valence-electron chi connectivity index (χ2n) is 16.5. The first-order chi connectivity index (χ1) is 30.0. The molecule has 0 aromatic rings. The van der Waals surface area contributed by atoms with Crippen LogP contribution in [0.2, 0.25) is 0 Å². The standard InChI is InChI=1S/C55H93NO5/c1-4-7-10-13-16-19-22-24-26-28-30-33-36-39-42-45-48-55(60)61-51(46-43-40-37-34-31-21-18-15-12-9-6-3)49-54(59)56-52(50-57)53(58)47-44-41-38-35-32-29-27-25-23-20-17-14-11-8-5-2/h7,9-10,12,15-16,18-19,21,24,26,30-31,33-34,37,51-53,57-58H,4-6,8,11,13-14,17,20,22-23,25,27-29,32,35-36,38-50H2,1-3H3,(H,56,59)/b10-7+,12-9+,18-15+,19-16+,26-24+,31-21-,33-30+,37-34-. The molecule has 0 aliphatic heterocycles. The average molecular weight is 848 g/mol. The summed E-state index contributed by atoms with van der Waals surface area (Å²) >= 11 is 0. The quantitative estimate of drug-likeness (QED) is 0.0246. The molecule has 0 aromatic heterocycles. The summed E-state index contributed by atoms with van der Waals surface area (Å²) in [7, 11) is 0. The highest BCUT2D eigenvalue weighted by molar-refractivity contribution is 5.77. The molecular formula is C55H93NO5. The number of unbranched alkanes of at least 4 members (excludes halogenated alkanes) is 18. The topological polar surface area (TPSA) is 95.9 Å². The van der Waals surface area contributed by atoms with Crippen molar-refractivity contribution in [1.82, 2.24) is 5.32 Å². The van der Waals surface area contributed by atoms with E-state index in [1.807, 2.05) is 36.5 Å². The Bertz CT molecular complexity index is 1220. The summed E-state index contributed by atoms with van der Waals surface area (Å²) in [6, 6.07) is -0.734. The molecular weight excluding hydrogens is 755 g/mol. The number of amides is 1. The molecule has 61 heavy (non-hydrogen) atoms. The van der Waals surface area contributed by atoms with Crippen molar-refractivity contribution >= 4 is 11.9 Å². The van der Waals surface area contributed by atoms with Gasteiger partial charge >= 0.3 is 5.97 Å². The molecule has 0 rings (SSSR count). The van der Waals surface area contributed by atoms with Crippen molar-refractivity contribution in [3.05, 3.63) is 97.2 Å². The third-order valence-corrected chi connectivity index (χ3v) is 10.8. The van der Waals surface area contributed by atoms with Gasteiger partial charge in [0, 0.05) is 6.42 Å². The van der Waals surface area contributed by atoms with Gasteiger partial charge in [0.05, 0.1) is 25.2 Å². The Hall–Kier alpha value is -3.22. The van der Waals surface area contributed by atoms with Gasteiger partial charge in [0.1, 0.15) is 6.10 Å². The van der Waals surface area contributed by atoms with Crippen molar-refractivity contribution in [3.63, 3.8) is 0 Å². The maximum absolute atomic E-state index is 13.2. The molecule has 0 aliphatic carbocycles. The first kappa shape index (κ1) is 57.8. The molecule has 3 unspecified atom stereocenters. The Morgan fingerprint density at radius 3 is 1.54 bits per heavy atom. The van der Waals surface area contributed by atoms with E-state index in [1.165, 1.54) is 77.0 Å². The molecule has 3 N–H and O–H groups in total. The van der Waals surface area contributed by atoms with Crippen LogP contribution in [-0.4, -0.2) is 46.9 Å². The Balaban J connectivity index is 4.66. The minimum atomic E-state index is -0.815. The van der Waals surface area contributed by atoms with Crippen LogP contribution in [0.5, 0.6) is 0 Å². The lowest BCUT2D eigenvalue weighted by Gasteiger charge is -2.24. The molecule has 0 aliphatic rings. The van der Waals surface area contributed by atoms with Crippen LogP contribution in [0.3, 0.4) is 0 Å². The summed E-state index contributed by atoms with van der Waals surface area (Å²) < 4.78 is 5.87. The minimum Gasteiger partial charge on any atom is -0.462 e. The predicted octanol–water partition coefficient (Wildman–Crippen LogP) is 14.9. The largest absolute Gasteiger partial charge is 0.462 e. The van der Waals surface area contributed by atoms with E-state index < -0.39 is 18.2 Å². The number of allylic oxidation sites excluding steroid dienone is 16. The van der Waals surface area contributed by atoms with E-state index >= 15 is 0 Å². The second-order valence-corrected chi connectivity index (χ2v) is 16.5. The summed E-state index contributed by atoms with van der Waals surface area (Å²) in [5.74, 6) is -0.587. The van der Waals surface area contributed by atoms with Crippen LogP contribution >= 0.6 is 0 Å². The number of aliphatic hydroxyl groups excluding tert-OH is 2. The van der Waals surface area contributed by atoms with Gasteiger partial charge in [0.15, 0.2) is 0 Å². The number of rotatable bonds is 43. The molecule has 0 radical (unpaired) electrons. The van der Waals surface area contributed by atoms with E-state index in [2.05, 4.69) is 86.8 Å². The number of carbonyl (C=O) groups excluding carboxylic acids is 2. The average Bonchev–Trinajstić information content (AvgIpc) is 3.25. The van der Waals surface area contributed by atoms with Gasteiger partial charge in [-0.3, -0.25) is 9.59 Å². The highest BCUT2D eigenvalue weighted by Crippen LogP contribution is 2.16. The van der Waals surface area contributed by atoms with Gasteiger partial charge in [-0.15, -0.1) is 0 Å². The summed E-state index contributed by atoms with van der Waals surface area (Å²) in [4.78, 5) is 26.1. The summed E-state index contributed by atoms with van der Waals surface area (Å²) in [5, 5.41) is 23.7. The first-order valence-corrected chi connectivity index (χ1v) is 25.0. The fourth-order valence-corrected chi connectivity index (χ4v) is 7.02. The molecule has 1 amide bonds. The maximum Gasteiger partial charge on any atom is 0.306 e. The highest BCUT2D eigenvalue weighted by atomic mass is 16.5. The number of esters is 1. The molecule has 0 saturated carbocycles. The molecule has 6 heteroatoms. The van der Waals surface area contributed by atoms with Crippen LogP contribution in [0.1, 0.15) is 213 Å². The number of hydrogen-bond donors (Lipinski definition) is 3. The number of nitrogens with one attached hydrogen (secondary N) is 1. The Kier molecular flexibility index (Phi) is 45.3. The van der Waals surface area contributed by atoms with E-state index in [0.29, 0.717) is 19.3 Å². The van der Waals surface area contributed by atoms with Crippen molar-refractivity contribution in [1.29, 1.82) is 0 Å². The summed E-state index contributed by atoms with van der Waals surface area (Å²) in [6.07, 6.45) is 63.3. The zero-order valence-electron chi connectivity index (χ0n) is 39.5. The van der Waals surface area contributed by atoms with Crippen LogP contribution < -0.4 is 5.32 Å². The van der Waals surface area contributed by atoms with Gasteiger partial charge in [-0.2, -0.15) is 0 Å². The summed E-state index contributed by atoms with van der Waals surface area (Å²) in [6.45, 7) is 6.19. The number of carbonyl (C=O) groups is 2. The highest BCUT2D eigenvalue weighted by Gasteiger charge is 2.24. The Morgan fingerprint density at radius 1 is 0.508 bits per heavy atom. The predicted molar refractivity (Wildman–Crippen MR) is 264 cm³/mol. The van der Waals surface area contributed by atoms with Crippen LogP contribution in [0.15, 0.2) is 97.2 Å². The Morgan fingerprint density at radius 2 is 0.984 bits per heavy atom. The van der Waals surface area contributed by atoms with Gasteiger partial charge in [-0.1, -0.05) is 221 Å². The third-order valence-electron chi connectivity index (χ3n) is 10.8. The summed E-state index contributed by atoms with van der Waals surface area (Å²) in [5.41, 5.74) is 0. The molecule has 0 saturated heterocycles. The first-order valence-electron chi connectivity index (χ1n) is 25.0. The minimum absolute atomic E-state index is 0.0133. The molecule has 0 aromatic carbocycles. The van der Waals surface area contributed by atoms with Gasteiger partial charge in [0.2, 0.25) is 5.91 Å². The second kappa shape index (κ2) is 47.8. The van der Waals surface area contributed by atoms with E-state index in [9.17, 15) is 19.8 Å². The zero-order chi connectivity index (χ0) is 44.5. The van der Waals surface area contributed by atoms with Crippen molar-refractivity contribution in [2.45, 2.75) is 232 Å². The van der Waals surface area contributed by atoms with Crippen molar-refractivity contribution < 1.29 is 24.5 Å². The number of aliphatic hydroxyl groups is 2. The van der Waals surface area contributed by atoms with E-state index in [4.69, 9.17) is 4.74 Å². The van der Waals surface area contributed by atoms with E-state index in [-0.39, 0.29) is 24.9 Å². The van der Waals surface area contributed by atoms with Gasteiger partial charge < -0.3 is 20.3 Å². The monoisotopic (exact) mass is 848 g/mol. The lowest BCUT2D eigenvalue weighted by atomic mass is 10.0. The molecule has 0 bridgehead atoms. The van der Waals surface area contributed by atoms with Crippen LogP contribution in [-0.2, 0) is 14.3 Å². The van der Waals surface area contributed by atoms with E-state index in [1.54, 1.807) is 0 Å². The lowest BCUT2D eigenvalue weighted by Crippen LogP contribution is -2.46. The van der Waals surface area contributed by atoms with Gasteiger partial charge in [0.25, 0.3) is 0 Å². The molecule has 3 atom stereocenters. The van der Waals surface area contributed by atoms with Crippen LogP contribution in [0.25, 0.3) is 0 Å². The smallest absolute Gasteiger partial charge is 0.306 e. The molecule has 6 nitrogen and oxygen atoms in total. The van der Waals surface area contributed by atoms with Gasteiger partial charge in [-0.25, -0.2) is 0 Å². The molecule has 348 valence electrons. The molecule has 0 heterocycles. The van der Waals surface area contributed by atoms with Crippen LogP contribution in [0.4, 0.5) is 0 Å². The van der Waals surface area contributed by atoms with Crippen LogP contribution in [0, 0.1) is 0 Å². The van der Waals surface area contributed by atoms with Gasteiger partial charge in [-0.05, 0) is 77.0 Å². The normalized spacial score (nSPS) is 14.1. The molecule has 0 spiro atoms. The maximum atomic E-state index is 13.2. The van der Waals surface area contributed by atoms with E-state index in [0.717, 1.165) is 89.9 Å². The number of hydrogen-bond acceptors (Lipinski definition) is 5. The third kappa shape index (κ3) is 43.2. The number of ether oxygens (including phenoxy) is 1. The fraction of sp³-hybridized carbons (Fsp3) is 0.673. The Labute approximate surface area is 376 Å². The van der Waals surface area contributed by atoms with Crippen molar-refractivity contribution in [3.8, 4) is 0 Å². The fourth-order valence-electron chi connectivity index (χ4n) is 7.02. The SMILES string of the molecule is CC/C=C/C=C/C=C\C=C/CCCC(CC(=O)NC(CO)C(O)CCCCCCCCCCCCCCCCC)OC(=O)CCCCC/C=C/C/C=C/C/C=C/C/C=C/CC. The van der Waals surface area contributed by atoms with Crippen molar-refractivity contribution in [2.24, 2.45) is 0 Å². The zero-order valence-corrected chi connectivity index (χ0v) is 39.5. The van der Waals surface area contributed by atoms with Crippen molar-refractivity contribution in [2.75, 3.05) is 6.61 Å².